The number of aromatic nitrogens is 1. The topological polar surface area (TPSA) is 59.2 Å². The third-order valence-electron chi connectivity index (χ3n) is 1.96. The monoisotopic (exact) mass is 179 g/mol. The molecule has 0 spiro atoms. The Balaban J connectivity index is 2.53. The van der Waals surface area contributed by atoms with E-state index in [-0.39, 0.29) is 13.0 Å². The van der Waals surface area contributed by atoms with Gasteiger partial charge in [0.15, 0.2) is 0 Å². The molecule has 4 nitrogen and oxygen atoms in total. The van der Waals surface area contributed by atoms with E-state index in [1.54, 1.807) is 12.1 Å². The van der Waals surface area contributed by atoms with Crippen LogP contribution in [-0.4, -0.2) is 17.6 Å². The molecule has 0 bridgehead atoms. The highest BCUT2D eigenvalue weighted by Gasteiger charge is 2.20. The van der Waals surface area contributed by atoms with E-state index >= 15 is 0 Å². The van der Waals surface area contributed by atoms with Gasteiger partial charge in [-0.1, -0.05) is 6.07 Å². The van der Waals surface area contributed by atoms with Gasteiger partial charge >= 0.3 is 6.03 Å². The van der Waals surface area contributed by atoms with Crippen molar-refractivity contribution in [3.8, 4) is 0 Å². The Kier molecular flexibility index (Phi) is 1.40. The molecule has 0 radical (unpaired) electrons. The highest BCUT2D eigenvalue weighted by Crippen LogP contribution is 2.23. The Morgan fingerprint density at radius 2 is 2.62 bits per heavy atom. The average molecular weight is 179 g/mol. The summed E-state index contributed by atoms with van der Waals surface area (Å²) in [7, 11) is 0. The number of hydrogen-bond acceptors (Lipinski definition) is 2. The zero-order chi connectivity index (χ0) is 11.1. The largest absolute Gasteiger partial charge is 0.351 e. The lowest BCUT2D eigenvalue weighted by molar-refractivity contribution is 0.253. The molecule has 1 aliphatic heterocycles. The zero-order valence-corrected chi connectivity index (χ0v) is 7.03. The van der Waals surface area contributed by atoms with E-state index in [2.05, 4.69) is 4.98 Å². The van der Waals surface area contributed by atoms with Crippen LogP contribution in [0.1, 0.15) is 14.7 Å². The summed E-state index contributed by atoms with van der Waals surface area (Å²) in [6.45, 7) is 0.270. The number of urea groups is 1. The molecule has 0 fully saturated rings. The van der Waals surface area contributed by atoms with E-state index in [4.69, 9.17) is 8.48 Å². The number of hydrogen-bond donors (Lipinski definition) is 1. The summed E-state index contributed by atoms with van der Waals surface area (Å²) in [5.41, 5.74) is 5.62. The molecule has 0 saturated carbocycles. The van der Waals surface area contributed by atoms with Crippen molar-refractivity contribution >= 4 is 11.8 Å². The highest BCUT2D eigenvalue weighted by molar-refractivity contribution is 5.90. The van der Waals surface area contributed by atoms with Crippen molar-refractivity contribution in [3.05, 3.63) is 23.9 Å². The number of pyridine rings is 1. The van der Waals surface area contributed by atoms with Crippen LogP contribution in [0.25, 0.3) is 0 Å². The van der Waals surface area contributed by atoms with E-state index in [9.17, 15) is 4.79 Å². The van der Waals surface area contributed by atoms with Crippen LogP contribution in [0.2, 0.25) is 0 Å². The van der Waals surface area contributed by atoms with E-state index < -0.39 is 12.4 Å². The summed E-state index contributed by atoms with van der Waals surface area (Å²) in [6.07, 6.45) is 0.334. The Hall–Kier alpha value is -1.58. The number of rotatable bonds is 0. The predicted molar refractivity (Wildman–Crippen MR) is 49.5 cm³/mol. The molecule has 2 N–H and O–H groups in total. The quantitative estimate of drug-likeness (QED) is 0.643. The second kappa shape index (κ2) is 3.05. The van der Waals surface area contributed by atoms with Crippen LogP contribution in [0.4, 0.5) is 10.6 Å². The molecule has 2 amide bonds. The van der Waals surface area contributed by atoms with Gasteiger partial charge in [-0.25, -0.2) is 9.78 Å². The van der Waals surface area contributed by atoms with Crippen molar-refractivity contribution in [1.82, 2.24) is 4.98 Å². The minimum absolute atomic E-state index is 0.245. The first-order valence-corrected chi connectivity index (χ1v) is 4.05. The summed E-state index contributed by atoms with van der Waals surface area (Å²) < 4.78 is 15.6. The number of aryl methyl sites for hydroxylation is 1. The summed E-state index contributed by atoms with van der Waals surface area (Å²) in [5, 5.41) is 0. The zero-order valence-electron chi connectivity index (χ0n) is 9.03. The maximum Gasteiger partial charge on any atom is 0.320 e. The normalized spacial score (nSPS) is 21.4. The molecular formula is C9H11N3O. The fraction of sp³-hybridized carbons (Fsp3) is 0.333. The van der Waals surface area contributed by atoms with Gasteiger partial charge in [0.25, 0.3) is 0 Å². The Labute approximate surface area is 79.2 Å². The second-order valence-electron chi connectivity index (χ2n) is 2.79. The second-order valence-corrected chi connectivity index (χ2v) is 2.79. The van der Waals surface area contributed by atoms with Gasteiger partial charge < -0.3 is 5.73 Å². The third kappa shape index (κ3) is 1.35. The molecule has 13 heavy (non-hydrogen) atoms. The first-order chi connectivity index (χ1) is 7.02. The van der Waals surface area contributed by atoms with Crippen LogP contribution in [0.15, 0.2) is 18.3 Å². The summed E-state index contributed by atoms with van der Waals surface area (Å²) >= 11 is 0. The molecule has 0 atom stereocenters. The van der Waals surface area contributed by atoms with Crippen LogP contribution < -0.4 is 10.6 Å². The fourth-order valence-corrected chi connectivity index (χ4v) is 1.37. The maximum absolute atomic E-state index is 11.1. The van der Waals surface area contributed by atoms with Crippen LogP contribution in [0, 0.1) is 0 Å². The molecule has 0 saturated heterocycles. The molecule has 0 aromatic carbocycles. The van der Waals surface area contributed by atoms with Gasteiger partial charge in [0.2, 0.25) is 0 Å². The number of anilines is 1. The minimum Gasteiger partial charge on any atom is -0.351 e. The number of nitrogens with zero attached hydrogens (tertiary/aromatic N) is 2. The molecule has 2 rings (SSSR count). The summed E-state index contributed by atoms with van der Waals surface area (Å²) in [6, 6.07) is 2.70. The smallest absolute Gasteiger partial charge is 0.320 e. The lowest BCUT2D eigenvalue weighted by Crippen LogP contribution is -2.39. The molecule has 2 heterocycles. The SMILES string of the molecule is [2H]C1([2H])CCN(C(N)=O)c2ncccc21. The van der Waals surface area contributed by atoms with Gasteiger partial charge in [0.1, 0.15) is 5.82 Å². The van der Waals surface area contributed by atoms with Crippen molar-refractivity contribution in [1.29, 1.82) is 0 Å². The van der Waals surface area contributed by atoms with Gasteiger partial charge in [-0.3, -0.25) is 4.90 Å². The lowest BCUT2D eigenvalue weighted by atomic mass is 10.1. The van der Waals surface area contributed by atoms with Gasteiger partial charge in [-0.05, 0) is 24.4 Å². The Bertz CT molecular complexity index is 408. The van der Waals surface area contributed by atoms with Gasteiger partial charge in [-0.15, -0.1) is 0 Å². The van der Waals surface area contributed by atoms with Crippen LogP contribution in [-0.2, 0) is 6.37 Å². The molecule has 1 aliphatic rings. The molecule has 1 aromatic rings. The van der Waals surface area contributed by atoms with Crippen molar-refractivity contribution < 1.29 is 7.54 Å². The van der Waals surface area contributed by atoms with Crippen molar-refractivity contribution in [2.24, 2.45) is 5.73 Å². The van der Waals surface area contributed by atoms with E-state index in [0.717, 1.165) is 0 Å². The standard InChI is InChI=1S/C9H11N3O/c10-9(13)12-6-2-4-7-3-1-5-11-8(7)12/h1,3,5H,2,4,6H2,(H2,10,13)/i4D2. The number of fused-ring (bicyclic) bond motifs is 1. The van der Waals surface area contributed by atoms with Crippen LogP contribution in [0.3, 0.4) is 0 Å². The molecule has 0 unspecified atom stereocenters. The molecule has 68 valence electrons. The summed E-state index contributed by atoms with van der Waals surface area (Å²) in [5.74, 6) is 0.334. The van der Waals surface area contributed by atoms with Gasteiger partial charge in [-0.2, -0.15) is 0 Å². The highest BCUT2D eigenvalue weighted by atomic mass is 16.2. The number of carbonyl (C=O) groups excluding carboxylic acids is 1. The third-order valence-corrected chi connectivity index (χ3v) is 1.96. The summed E-state index contributed by atoms with van der Waals surface area (Å²) in [4.78, 5) is 16.4. The van der Waals surface area contributed by atoms with Crippen molar-refractivity contribution in [2.45, 2.75) is 12.8 Å². The first-order valence-electron chi connectivity index (χ1n) is 5.05. The van der Waals surface area contributed by atoms with Crippen LogP contribution >= 0.6 is 0 Å². The van der Waals surface area contributed by atoms with Crippen molar-refractivity contribution in [2.75, 3.05) is 11.4 Å². The number of nitrogens with two attached hydrogens (primary N) is 1. The lowest BCUT2D eigenvalue weighted by Gasteiger charge is -2.26. The molecular weight excluding hydrogens is 166 g/mol. The molecule has 0 aliphatic carbocycles. The fourth-order valence-electron chi connectivity index (χ4n) is 1.37. The number of amides is 2. The average Bonchev–Trinajstić information content (AvgIpc) is 2.17. The Morgan fingerprint density at radius 3 is 3.38 bits per heavy atom. The minimum atomic E-state index is -1.43. The van der Waals surface area contributed by atoms with E-state index in [0.29, 0.717) is 11.4 Å². The van der Waals surface area contributed by atoms with Crippen LogP contribution in [0.5, 0.6) is 0 Å². The van der Waals surface area contributed by atoms with Crippen molar-refractivity contribution in [3.63, 3.8) is 0 Å². The van der Waals surface area contributed by atoms with Gasteiger partial charge in [0.05, 0.1) is 0 Å². The van der Waals surface area contributed by atoms with E-state index in [1.807, 2.05) is 0 Å². The molecule has 1 aromatic heterocycles. The van der Waals surface area contributed by atoms with E-state index in [1.165, 1.54) is 11.1 Å². The predicted octanol–water partition coefficient (Wildman–Crippen LogP) is 0.913. The number of carbonyl (C=O) groups is 1. The first kappa shape index (κ1) is 5.96. The van der Waals surface area contributed by atoms with Gasteiger partial charge in [0, 0.05) is 15.5 Å². The Morgan fingerprint density at radius 1 is 1.77 bits per heavy atom. The molecule has 4 heteroatoms. The maximum atomic E-state index is 11.1. The number of primary amides is 1.